The second kappa shape index (κ2) is 11.4. The number of carbonyl (C=O) groups excluding carboxylic acids is 1. The molecule has 2 unspecified atom stereocenters. The first-order chi connectivity index (χ1) is 13.1. The molecule has 0 fully saturated rings. The molecule has 2 atom stereocenters. The fourth-order valence-electron chi connectivity index (χ4n) is 3.47. The molecular weight excluding hydrogens is 356 g/mol. The number of rotatable bonds is 11. The first-order valence-corrected chi connectivity index (χ1v) is 10.2. The highest BCUT2D eigenvalue weighted by Gasteiger charge is 2.36. The summed E-state index contributed by atoms with van der Waals surface area (Å²) in [5.74, 6) is 0.0669. The minimum Gasteiger partial charge on any atom is -0.494 e. The van der Waals surface area contributed by atoms with Crippen molar-refractivity contribution < 1.29 is 24.5 Å². The van der Waals surface area contributed by atoms with E-state index in [0.717, 1.165) is 32.1 Å². The van der Waals surface area contributed by atoms with Gasteiger partial charge in [-0.3, -0.25) is 4.79 Å². The summed E-state index contributed by atoms with van der Waals surface area (Å²) in [5, 5.41) is 20.2. The van der Waals surface area contributed by atoms with E-state index >= 15 is 0 Å². The van der Waals surface area contributed by atoms with Crippen LogP contribution >= 0.6 is 0 Å². The molecule has 0 bridgehead atoms. The Bertz CT molecular complexity index is 607. The van der Waals surface area contributed by atoms with Gasteiger partial charge >= 0.3 is 0 Å². The van der Waals surface area contributed by atoms with Crippen LogP contribution in [0.25, 0.3) is 0 Å². The maximum Gasteiger partial charge on any atom is 0.202 e. The second-order valence-corrected chi connectivity index (χ2v) is 8.48. The van der Waals surface area contributed by atoms with E-state index in [1.165, 1.54) is 25.4 Å². The van der Waals surface area contributed by atoms with Crippen LogP contribution in [0.4, 0.5) is 0 Å². The molecule has 5 heteroatoms. The molecule has 0 aromatic heterocycles. The predicted octanol–water partition coefficient (Wildman–Crippen LogP) is 4.44. The van der Waals surface area contributed by atoms with E-state index < -0.39 is 11.7 Å². The van der Waals surface area contributed by atoms with Gasteiger partial charge in [0.15, 0.2) is 5.76 Å². The molecule has 0 amide bonds. The van der Waals surface area contributed by atoms with Gasteiger partial charge in [0.05, 0.1) is 19.8 Å². The number of aliphatic hydroxyl groups excluding tert-OH is 1. The van der Waals surface area contributed by atoms with Crippen LogP contribution in [0.2, 0.25) is 0 Å². The van der Waals surface area contributed by atoms with Crippen molar-refractivity contribution >= 4 is 5.78 Å². The van der Waals surface area contributed by atoms with Crippen molar-refractivity contribution in [2.24, 2.45) is 5.92 Å². The average molecular weight is 395 g/mol. The van der Waals surface area contributed by atoms with E-state index in [1.54, 1.807) is 0 Å². The summed E-state index contributed by atoms with van der Waals surface area (Å²) in [7, 11) is 2.87. The van der Waals surface area contributed by atoms with Crippen LogP contribution in [-0.2, 0) is 14.3 Å². The lowest BCUT2D eigenvalue weighted by atomic mass is 9.85. The lowest BCUT2D eigenvalue weighted by molar-refractivity contribution is -0.123. The molecule has 0 spiro atoms. The van der Waals surface area contributed by atoms with Crippen LogP contribution in [0.15, 0.2) is 34.8 Å². The zero-order valence-electron chi connectivity index (χ0n) is 18.4. The Labute approximate surface area is 170 Å². The number of ketones is 1. The number of methoxy groups -OCH3 is 2. The van der Waals surface area contributed by atoms with Crippen LogP contribution in [0.3, 0.4) is 0 Å². The van der Waals surface area contributed by atoms with Crippen molar-refractivity contribution in [2.75, 3.05) is 14.2 Å². The molecule has 28 heavy (non-hydrogen) atoms. The van der Waals surface area contributed by atoms with Crippen LogP contribution < -0.4 is 0 Å². The summed E-state index contributed by atoms with van der Waals surface area (Å²) in [4.78, 5) is 12.2. The van der Waals surface area contributed by atoms with Crippen molar-refractivity contribution in [2.45, 2.75) is 84.3 Å². The molecule has 0 aromatic rings. The molecule has 0 radical (unpaired) electrons. The molecule has 5 nitrogen and oxygen atoms in total. The Balaban J connectivity index is 2.49. The minimum atomic E-state index is -0.820. The smallest absolute Gasteiger partial charge is 0.202 e. The highest BCUT2D eigenvalue weighted by molar-refractivity contribution is 5.95. The lowest BCUT2D eigenvalue weighted by Crippen LogP contribution is -2.33. The molecule has 1 aliphatic rings. The Morgan fingerprint density at radius 2 is 1.79 bits per heavy atom. The van der Waals surface area contributed by atoms with Gasteiger partial charge in [0.1, 0.15) is 6.10 Å². The fourth-order valence-corrected chi connectivity index (χ4v) is 3.47. The lowest BCUT2D eigenvalue weighted by Gasteiger charge is -2.29. The number of Topliss-reactive ketones (excluding diaryl/α,β-unsaturated/α-hetero) is 1. The van der Waals surface area contributed by atoms with Crippen LogP contribution in [-0.4, -0.2) is 41.9 Å². The van der Waals surface area contributed by atoms with Crippen molar-refractivity contribution in [1.29, 1.82) is 0 Å². The largest absolute Gasteiger partial charge is 0.494 e. The summed E-state index contributed by atoms with van der Waals surface area (Å²) >= 11 is 0. The average Bonchev–Trinajstić information content (AvgIpc) is 2.60. The summed E-state index contributed by atoms with van der Waals surface area (Å²) in [6.07, 6.45) is 9.20. The van der Waals surface area contributed by atoms with E-state index in [0.29, 0.717) is 6.42 Å². The SMILES string of the molecule is COC1=C(OC)C(O)C(C/C=C(\C)CC/C=C(\C)CCCC(C)(C)O)CC1=O. The van der Waals surface area contributed by atoms with Gasteiger partial charge in [-0.1, -0.05) is 23.3 Å². The summed E-state index contributed by atoms with van der Waals surface area (Å²) < 4.78 is 10.3. The van der Waals surface area contributed by atoms with E-state index in [2.05, 4.69) is 26.0 Å². The van der Waals surface area contributed by atoms with Crippen LogP contribution in [0, 0.1) is 5.92 Å². The highest BCUT2D eigenvalue weighted by atomic mass is 16.5. The Kier molecular flexibility index (Phi) is 9.97. The first kappa shape index (κ1) is 24.4. The number of carbonyl (C=O) groups is 1. The molecule has 1 aliphatic carbocycles. The highest BCUT2D eigenvalue weighted by Crippen LogP contribution is 2.31. The van der Waals surface area contributed by atoms with Crippen molar-refractivity contribution in [3.8, 4) is 0 Å². The van der Waals surface area contributed by atoms with E-state index in [1.807, 2.05) is 13.8 Å². The summed E-state index contributed by atoms with van der Waals surface area (Å²) in [5.41, 5.74) is 2.01. The zero-order valence-corrected chi connectivity index (χ0v) is 18.4. The van der Waals surface area contributed by atoms with E-state index in [-0.39, 0.29) is 29.6 Å². The van der Waals surface area contributed by atoms with Gasteiger partial charge in [-0.2, -0.15) is 0 Å². The van der Waals surface area contributed by atoms with Gasteiger partial charge in [-0.05, 0) is 66.2 Å². The molecule has 0 heterocycles. The van der Waals surface area contributed by atoms with Gasteiger partial charge < -0.3 is 19.7 Å². The van der Waals surface area contributed by atoms with Gasteiger partial charge in [0.2, 0.25) is 11.5 Å². The Morgan fingerprint density at radius 1 is 1.14 bits per heavy atom. The van der Waals surface area contributed by atoms with Crippen LogP contribution in [0.5, 0.6) is 0 Å². The van der Waals surface area contributed by atoms with E-state index in [9.17, 15) is 15.0 Å². The van der Waals surface area contributed by atoms with Crippen molar-refractivity contribution in [1.82, 2.24) is 0 Å². The number of aliphatic hydroxyl groups is 2. The summed E-state index contributed by atoms with van der Waals surface area (Å²) in [6, 6.07) is 0. The third-order valence-corrected chi connectivity index (χ3v) is 5.22. The molecule has 0 aliphatic heterocycles. The van der Waals surface area contributed by atoms with Gasteiger partial charge in [-0.25, -0.2) is 0 Å². The normalized spacial score (nSPS) is 21.9. The van der Waals surface area contributed by atoms with Crippen LogP contribution in [0.1, 0.15) is 72.6 Å². The third kappa shape index (κ3) is 8.19. The second-order valence-electron chi connectivity index (χ2n) is 8.48. The maximum absolute atomic E-state index is 12.2. The Hall–Kier alpha value is -1.59. The van der Waals surface area contributed by atoms with Gasteiger partial charge in [0.25, 0.3) is 0 Å². The first-order valence-electron chi connectivity index (χ1n) is 10.2. The number of hydrogen-bond donors (Lipinski definition) is 2. The quantitative estimate of drug-likeness (QED) is 0.507. The zero-order chi connectivity index (χ0) is 21.3. The van der Waals surface area contributed by atoms with Gasteiger partial charge in [-0.15, -0.1) is 0 Å². The Morgan fingerprint density at radius 3 is 2.36 bits per heavy atom. The van der Waals surface area contributed by atoms with Crippen molar-refractivity contribution in [3.63, 3.8) is 0 Å². The maximum atomic E-state index is 12.2. The standard InChI is InChI=1S/C23H38O5/c1-16(11-8-14-23(3,4)26)9-7-10-17(2)12-13-18-15-19(24)21(27-5)22(28-6)20(18)25/h9,12,18,20,25-26H,7-8,10-11,13-15H2,1-6H3/b16-9+,17-12+. The monoisotopic (exact) mass is 394 g/mol. The van der Waals surface area contributed by atoms with Gasteiger partial charge in [0, 0.05) is 12.3 Å². The minimum absolute atomic E-state index is 0.120. The number of ether oxygens (including phenoxy) is 2. The molecule has 0 aromatic carbocycles. The van der Waals surface area contributed by atoms with E-state index in [4.69, 9.17) is 9.47 Å². The predicted molar refractivity (Wildman–Crippen MR) is 112 cm³/mol. The number of allylic oxidation sites excluding steroid dienone is 5. The molecule has 0 saturated heterocycles. The molecule has 1 rings (SSSR count). The third-order valence-electron chi connectivity index (χ3n) is 5.22. The van der Waals surface area contributed by atoms with Crippen molar-refractivity contribution in [3.05, 3.63) is 34.8 Å². The molecular formula is C23H38O5. The number of hydrogen-bond acceptors (Lipinski definition) is 5. The molecule has 2 N–H and O–H groups in total. The topological polar surface area (TPSA) is 76.0 Å². The summed E-state index contributed by atoms with van der Waals surface area (Å²) in [6.45, 7) is 7.92. The molecule has 160 valence electrons. The fraction of sp³-hybridized carbons (Fsp3) is 0.696. The molecule has 0 saturated carbocycles.